The fourth-order valence-electron chi connectivity index (χ4n) is 3.79. The van der Waals surface area contributed by atoms with Crippen molar-refractivity contribution in [3.8, 4) is 0 Å². The van der Waals surface area contributed by atoms with Crippen molar-refractivity contribution in [1.29, 1.82) is 0 Å². The smallest absolute Gasteiger partial charge is 0.373 e. The second kappa shape index (κ2) is 10.9. The summed E-state index contributed by atoms with van der Waals surface area (Å²) in [7, 11) is 1.30. The normalized spacial score (nSPS) is 15.7. The number of rotatable bonds is 7. The zero-order chi connectivity index (χ0) is 23.1. The predicted molar refractivity (Wildman–Crippen MR) is 114 cm³/mol. The van der Waals surface area contributed by atoms with E-state index in [2.05, 4.69) is 15.0 Å². The lowest BCUT2D eigenvalue weighted by atomic mass is 10.0. The number of benzene rings is 1. The van der Waals surface area contributed by atoms with E-state index in [1.54, 1.807) is 35.2 Å². The maximum Gasteiger partial charge on any atom is 0.373 e. The van der Waals surface area contributed by atoms with Gasteiger partial charge >= 0.3 is 5.97 Å². The van der Waals surface area contributed by atoms with Crippen LogP contribution in [0.5, 0.6) is 0 Å². The molecule has 1 aromatic heterocycles. The lowest BCUT2D eigenvalue weighted by Crippen LogP contribution is -2.50. The van der Waals surface area contributed by atoms with Crippen LogP contribution in [0.3, 0.4) is 0 Å². The highest BCUT2D eigenvalue weighted by atomic mass is 19.1. The molecule has 1 unspecified atom stereocenters. The van der Waals surface area contributed by atoms with Gasteiger partial charge in [-0.05, 0) is 30.2 Å². The van der Waals surface area contributed by atoms with Gasteiger partial charge in [0.25, 0.3) is 0 Å². The fourth-order valence-corrected chi connectivity index (χ4v) is 3.79. The minimum atomic E-state index is -0.830. The first-order valence-corrected chi connectivity index (χ1v) is 10.6. The molecule has 0 bridgehead atoms. The Morgan fingerprint density at radius 1 is 1.12 bits per heavy atom. The van der Waals surface area contributed by atoms with Crippen LogP contribution in [0.1, 0.15) is 35.2 Å². The Kier molecular flexibility index (Phi) is 7.99. The van der Waals surface area contributed by atoms with Crippen LogP contribution in [0.25, 0.3) is 0 Å². The highest BCUT2D eigenvalue weighted by Crippen LogP contribution is 2.15. The molecular weight excluding hydrogens is 417 g/mol. The Morgan fingerprint density at radius 3 is 2.62 bits per heavy atom. The van der Waals surface area contributed by atoms with E-state index in [1.807, 2.05) is 0 Å². The first kappa shape index (κ1) is 23.5. The number of amides is 2. The van der Waals surface area contributed by atoms with Gasteiger partial charge in [-0.3, -0.25) is 14.5 Å². The first-order valence-electron chi connectivity index (χ1n) is 10.6. The number of carbonyl (C=O) groups excluding carboxylic acids is 3. The van der Waals surface area contributed by atoms with E-state index in [-0.39, 0.29) is 24.0 Å². The number of hydrogen-bond donors (Lipinski definition) is 1. The van der Waals surface area contributed by atoms with Crippen LogP contribution in [0.4, 0.5) is 4.39 Å². The van der Waals surface area contributed by atoms with E-state index < -0.39 is 17.8 Å². The van der Waals surface area contributed by atoms with Crippen molar-refractivity contribution in [3.63, 3.8) is 0 Å². The molecule has 32 heavy (non-hydrogen) atoms. The van der Waals surface area contributed by atoms with E-state index in [0.717, 1.165) is 13.0 Å². The van der Waals surface area contributed by atoms with E-state index in [1.165, 1.54) is 20.1 Å². The van der Waals surface area contributed by atoms with Crippen LogP contribution in [0.2, 0.25) is 0 Å². The summed E-state index contributed by atoms with van der Waals surface area (Å²) in [5, 5.41) is 2.67. The summed E-state index contributed by atoms with van der Waals surface area (Å²) < 4.78 is 24.3. The van der Waals surface area contributed by atoms with Crippen molar-refractivity contribution >= 4 is 17.8 Å². The molecule has 2 amide bonds. The van der Waals surface area contributed by atoms with Gasteiger partial charge in [-0.15, -0.1) is 0 Å². The molecule has 8 nitrogen and oxygen atoms in total. The Labute approximate surface area is 186 Å². The second-order valence-corrected chi connectivity index (χ2v) is 7.76. The Bertz CT molecular complexity index is 961. The quantitative estimate of drug-likeness (QED) is 0.656. The van der Waals surface area contributed by atoms with Gasteiger partial charge < -0.3 is 19.4 Å². The summed E-state index contributed by atoms with van der Waals surface area (Å²) in [5.41, 5.74) is 0.385. The summed E-state index contributed by atoms with van der Waals surface area (Å²) in [6.45, 7) is 4.20. The third-order valence-corrected chi connectivity index (χ3v) is 5.39. The third-order valence-electron chi connectivity index (χ3n) is 5.39. The average molecular weight is 445 g/mol. The molecule has 1 saturated heterocycles. The molecule has 0 saturated carbocycles. The Hall–Kier alpha value is -3.20. The number of esters is 1. The Morgan fingerprint density at radius 2 is 1.91 bits per heavy atom. The van der Waals surface area contributed by atoms with Crippen molar-refractivity contribution in [2.24, 2.45) is 0 Å². The number of methoxy groups -OCH3 is 1. The molecule has 0 spiro atoms. The molecule has 0 radical (unpaired) electrons. The van der Waals surface area contributed by atoms with Crippen molar-refractivity contribution in [2.45, 2.75) is 32.4 Å². The summed E-state index contributed by atoms with van der Waals surface area (Å²) in [6.07, 6.45) is 0.830. The number of ether oxygens (including phenoxy) is 1. The van der Waals surface area contributed by atoms with Gasteiger partial charge in [0.1, 0.15) is 17.6 Å². The molecule has 1 N–H and O–H groups in total. The summed E-state index contributed by atoms with van der Waals surface area (Å²) in [5.74, 6) is -0.696. The minimum Gasteiger partial charge on any atom is -0.463 e. The van der Waals surface area contributed by atoms with E-state index in [4.69, 9.17) is 4.42 Å². The van der Waals surface area contributed by atoms with Crippen molar-refractivity contribution in [2.75, 3.05) is 33.3 Å². The van der Waals surface area contributed by atoms with Crippen molar-refractivity contribution in [3.05, 3.63) is 59.3 Å². The lowest BCUT2D eigenvalue weighted by molar-refractivity contribution is -0.136. The monoisotopic (exact) mass is 445 g/mol. The van der Waals surface area contributed by atoms with E-state index in [0.29, 0.717) is 37.5 Å². The summed E-state index contributed by atoms with van der Waals surface area (Å²) >= 11 is 0. The Balaban J connectivity index is 1.62. The summed E-state index contributed by atoms with van der Waals surface area (Å²) in [4.78, 5) is 40.3. The summed E-state index contributed by atoms with van der Waals surface area (Å²) in [6, 6.07) is 8.74. The first-order chi connectivity index (χ1) is 15.4. The SMILES string of the molecule is COC(=O)c1ccc(CN2CCCN(C(=O)C(Cc3ccccc3F)NC(C)=O)CC2)o1. The number of nitrogens with zero attached hydrogens (tertiary/aromatic N) is 2. The van der Waals surface area contributed by atoms with Crippen LogP contribution >= 0.6 is 0 Å². The number of hydrogen-bond acceptors (Lipinski definition) is 6. The molecule has 2 aromatic rings. The molecule has 1 aliphatic heterocycles. The van der Waals surface area contributed by atoms with Gasteiger partial charge in [-0.2, -0.15) is 0 Å². The number of nitrogens with one attached hydrogen (secondary N) is 1. The van der Waals surface area contributed by atoms with Gasteiger partial charge in [-0.25, -0.2) is 9.18 Å². The molecule has 1 fully saturated rings. The molecule has 2 heterocycles. The largest absolute Gasteiger partial charge is 0.463 e. The highest BCUT2D eigenvalue weighted by molar-refractivity contribution is 5.87. The molecule has 1 aromatic carbocycles. The number of carbonyl (C=O) groups is 3. The maximum atomic E-state index is 14.1. The number of halogens is 1. The molecule has 3 rings (SSSR count). The van der Waals surface area contributed by atoms with Crippen molar-refractivity contribution in [1.82, 2.24) is 15.1 Å². The fraction of sp³-hybridized carbons (Fsp3) is 0.435. The molecule has 9 heteroatoms. The van der Waals surface area contributed by atoms with Gasteiger partial charge in [-0.1, -0.05) is 18.2 Å². The van der Waals surface area contributed by atoms with Crippen LogP contribution < -0.4 is 5.32 Å². The zero-order valence-electron chi connectivity index (χ0n) is 18.3. The average Bonchev–Trinajstić information content (AvgIpc) is 3.11. The van der Waals surface area contributed by atoms with Crippen LogP contribution in [-0.4, -0.2) is 66.9 Å². The number of furan rings is 1. The van der Waals surface area contributed by atoms with Gasteiger partial charge in [0.15, 0.2) is 0 Å². The third kappa shape index (κ3) is 6.16. The highest BCUT2D eigenvalue weighted by Gasteiger charge is 2.28. The van der Waals surface area contributed by atoms with E-state index in [9.17, 15) is 18.8 Å². The van der Waals surface area contributed by atoms with Gasteiger partial charge in [0.2, 0.25) is 17.6 Å². The predicted octanol–water partition coefficient (Wildman–Crippen LogP) is 1.99. The topological polar surface area (TPSA) is 92.1 Å². The van der Waals surface area contributed by atoms with Gasteiger partial charge in [0.05, 0.1) is 13.7 Å². The molecule has 0 aliphatic carbocycles. The molecule has 1 aliphatic rings. The second-order valence-electron chi connectivity index (χ2n) is 7.76. The standard InChI is InChI=1S/C23H28FN3O5/c1-16(28)25-20(14-17-6-3-4-7-19(17)24)22(29)27-11-5-10-26(12-13-27)15-18-8-9-21(32-18)23(30)31-2/h3-4,6-9,20H,5,10-15H2,1-2H3,(H,25,28). The van der Waals surface area contributed by atoms with E-state index >= 15 is 0 Å². The minimum absolute atomic E-state index is 0.0913. The maximum absolute atomic E-state index is 14.1. The van der Waals surface area contributed by atoms with Crippen molar-refractivity contribution < 1.29 is 27.9 Å². The van der Waals surface area contributed by atoms with Crippen LogP contribution in [0, 0.1) is 5.82 Å². The molecule has 172 valence electrons. The molecular formula is C23H28FN3O5. The van der Waals surface area contributed by atoms with Crippen LogP contribution in [0.15, 0.2) is 40.8 Å². The molecule has 1 atom stereocenters. The van der Waals surface area contributed by atoms with Crippen LogP contribution in [-0.2, 0) is 27.3 Å². The zero-order valence-corrected chi connectivity index (χ0v) is 18.3. The lowest BCUT2D eigenvalue weighted by Gasteiger charge is -2.27. The van der Waals surface area contributed by atoms with Gasteiger partial charge in [0, 0.05) is 39.5 Å².